The maximum absolute atomic E-state index is 12.8. The van der Waals surface area contributed by atoms with E-state index in [2.05, 4.69) is 5.32 Å². The first-order chi connectivity index (χ1) is 12.5. The molecule has 2 aliphatic rings. The lowest BCUT2D eigenvalue weighted by molar-refractivity contribution is -0.137. The van der Waals surface area contributed by atoms with Gasteiger partial charge in [0.05, 0.1) is 28.0 Å². The molecule has 0 radical (unpaired) electrons. The summed E-state index contributed by atoms with van der Waals surface area (Å²) in [7, 11) is -1.64. The molecular weight excluding hydrogens is 405 g/mol. The van der Waals surface area contributed by atoms with Crippen LogP contribution in [0.2, 0.25) is 0 Å². The summed E-state index contributed by atoms with van der Waals surface area (Å²) in [6, 6.07) is 2.65. The van der Waals surface area contributed by atoms with Crippen LogP contribution >= 0.6 is 11.8 Å². The molecule has 2 atom stereocenters. The number of carbonyl (C=O) groups is 2. The Balaban J connectivity index is 1.69. The van der Waals surface area contributed by atoms with Crippen LogP contribution in [-0.4, -0.2) is 55.0 Å². The van der Waals surface area contributed by atoms with Gasteiger partial charge in [-0.25, -0.2) is 8.42 Å². The van der Waals surface area contributed by atoms with Crippen molar-refractivity contribution in [3.8, 4) is 0 Å². The fourth-order valence-corrected chi connectivity index (χ4v) is 5.90. The number of sulfone groups is 1. The third-order valence-corrected chi connectivity index (χ3v) is 7.66. The van der Waals surface area contributed by atoms with Crippen LogP contribution in [0.5, 0.6) is 0 Å². The number of nitrogens with zero attached hydrogens (tertiary/aromatic N) is 1. The zero-order valence-corrected chi connectivity index (χ0v) is 15.9. The summed E-state index contributed by atoms with van der Waals surface area (Å²) in [6.07, 6.45) is -4.32. The van der Waals surface area contributed by atoms with Gasteiger partial charge in [0.15, 0.2) is 9.84 Å². The Morgan fingerprint density at radius 3 is 2.67 bits per heavy atom. The Morgan fingerprint density at radius 2 is 2.07 bits per heavy atom. The van der Waals surface area contributed by atoms with Gasteiger partial charge in [0.2, 0.25) is 11.8 Å². The molecule has 2 heterocycles. The van der Waals surface area contributed by atoms with E-state index in [9.17, 15) is 31.2 Å². The van der Waals surface area contributed by atoms with Gasteiger partial charge >= 0.3 is 6.18 Å². The number of amides is 2. The minimum absolute atomic E-state index is 0.0306. The molecule has 148 valence electrons. The van der Waals surface area contributed by atoms with Crippen LogP contribution in [0.3, 0.4) is 0 Å². The fourth-order valence-electron chi connectivity index (χ4n) is 3.05. The van der Waals surface area contributed by atoms with Crippen LogP contribution < -0.4 is 5.32 Å². The van der Waals surface area contributed by atoms with Crippen molar-refractivity contribution in [2.45, 2.75) is 35.2 Å². The van der Waals surface area contributed by atoms with Gasteiger partial charge in [-0.1, -0.05) is 0 Å². The summed E-state index contributed by atoms with van der Waals surface area (Å²) >= 11 is 1.03. The molecule has 1 aromatic carbocycles. The molecule has 0 bridgehead atoms. The summed E-state index contributed by atoms with van der Waals surface area (Å²) < 4.78 is 61.5. The lowest BCUT2D eigenvalue weighted by Crippen LogP contribution is -2.41. The zero-order chi connectivity index (χ0) is 20.0. The third-order valence-electron chi connectivity index (χ3n) is 4.64. The van der Waals surface area contributed by atoms with Crippen LogP contribution in [0.15, 0.2) is 23.1 Å². The lowest BCUT2D eigenvalue weighted by Gasteiger charge is -2.28. The number of benzene rings is 1. The SMILES string of the molecule is CN(C(=O)C[C@H]1Sc2ccc(C(F)(F)F)cc2NC1=O)[C@H]1CCS(=O)(=O)C1. The number of carbonyl (C=O) groups excluding carboxylic acids is 2. The Bertz CT molecular complexity index is 886. The molecule has 1 fully saturated rings. The van der Waals surface area contributed by atoms with Crippen LogP contribution in [0.25, 0.3) is 0 Å². The Labute approximate surface area is 158 Å². The molecule has 0 spiro atoms. The second-order valence-electron chi connectivity index (χ2n) is 6.57. The first-order valence-electron chi connectivity index (χ1n) is 8.11. The molecule has 1 aromatic rings. The molecule has 3 rings (SSSR count). The predicted octanol–water partition coefficient (Wildman–Crippen LogP) is 2.15. The minimum atomic E-state index is -4.51. The summed E-state index contributed by atoms with van der Waals surface area (Å²) in [6.45, 7) is 0. The number of nitrogens with one attached hydrogen (secondary N) is 1. The van der Waals surface area contributed by atoms with E-state index in [1.807, 2.05) is 0 Å². The van der Waals surface area contributed by atoms with E-state index in [-0.39, 0.29) is 29.5 Å². The van der Waals surface area contributed by atoms with Crippen molar-refractivity contribution in [3.05, 3.63) is 23.8 Å². The van der Waals surface area contributed by atoms with Gasteiger partial charge < -0.3 is 10.2 Å². The average molecular weight is 422 g/mol. The normalized spacial score (nSPS) is 24.2. The van der Waals surface area contributed by atoms with Crippen molar-refractivity contribution in [2.24, 2.45) is 0 Å². The molecule has 2 amide bonds. The van der Waals surface area contributed by atoms with Crippen molar-refractivity contribution in [1.29, 1.82) is 0 Å². The molecule has 0 aromatic heterocycles. The zero-order valence-electron chi connectivity index (χ0n) is 14.2. The summed E-state index contributed by atoms with van der Waals surface area (Å²) in [5.74, 6) is -0.988. The van der Waals surface area contributed by atoms with E-state index in [0.717, 1.165) is 23.9 Å². The largest absolute Gasteiger partial charge is 0.416 e. The fraction of sp³-hybridized carbons (Fsp3) is 0.500. The number of hydrogen-bond donors (Lipinski definition) is 1. The molecule has 0 saturated carbocycles. The van der Waals surface area contributed by atoms with Gasteiger partial charge in [0, 0.05) is 24.4 Å². The van der Waals surface area contributed by atoms with Crippen molar-refractivity contribution < 1.29 is 31.2 Å². The van der Waals surface area contributed by atoms with Gasteiger partial charge in [0.1, 0.15) is 0 Å². The van der Waals surface area contributed by atoms with Gasteiger partial charge in [-0.05, 0) is 24.6 Å². The van der Waals surface area contributed by atoms with E-state index in [0.29, 0.717) is 11.3 Å². The molecule has 1 saturated heterocycles. The molecule has 11 heteroatoms. The standard InChI is InChI=1S/C16H17F3N2O4S2/c1-21(10-4-5-27(24,25)8-10)14(22)7-13-15(23)20-11-6-9(16(17,18)19)2-3-12(11)26-13/h2-3,6,10,13H,4-5,7-8H2,1H3,(H,20,23)/t10-,13+/m0/s1. The van der Waals surface area contributed by atoms with Crippen LogP contribution in [-0.2, 0) is 25.6 Å². The van der Waals surface area contributed by atoms with Crippen molar-refractivity contribution >= 4 is 39.1 Å². The highest BCUT2D eigenvalue weighted by Gasteiger charge is 2.37. The first kappa shape index (κ1) is 20.0. The highest BCUT2D eigenvalue weighted by Crippen LogP contribution is 2.40. The van der Waals surface area contributed by atoms with Gasteiger partial charge in [0.25, 0.3) is 0 Å². The number of halogens is 3. The third kappa shape index (κ3) is 4.40. The molecular formula is C16H17F3N2O4S2. The predicted molar refractivity (Wildman–Crippen MR) is 94.2 cm³/mol. The number of hydrogen-bond acceptors (Lipinski definition) is 5. The lowest BCUT2D eigenvalue weighted by atomic mass is 10.1. The Kier molecular flexibility index (Phi) is 5.19. The van der Waals surface area contributed by atoms with Crippen LogP contribution in [0, 0.1) is 0 Å². The number of alkyl halides is 3. The van der Waals surface area contributed by atoms with Crippen LogP contribution in [0.4, 0.5) is 18.9 Å². The Hall–Kier alpha value is -1.75. The molecule has 27 heavy (non-hydrogen) atoms. The quantitative estimate of drug-likeness (QED) is 0.807. The summed E-state index contributed by atoms with van der Waals surface area (Å²) in [4.78, 5) is 26.5. The van der Waals surface area contributed by atoms with Gasteiger partial charge in [-0.3, -0.25) is 9.59 Å². The van der Waals surface area contributed by atoms with E-state index in [1.165, 1.54) is 18.0 Å². The van der Waals surface area contributed by atoms with E-state index >= 15 is 0 Å². The molecule has 6 nitrogen and oxygen atoms in total. The molecule has 1 N–H and O–H groups in total. The Morgan fingerprint density at radius 1 is 1.37 bits per heavy atom. The van der Waals surface area contributed by atoms with E-state index < -0.39 is 38.8 Å². The molecule has 2 aliphatic heterocycles. The first-order valence-corrected chi connectivity index (χ1v) is 10.8. The van der Waals surface area contributed by atoms with Crippen molar-refractivity contribution in [2.75, 3.05) is 23.9 Å². The molecule has 0 unspecified atom stereocenters. The second-order valence-corrected chi connectivity index (χ2v) is 10.0. The smallest absolute Gasteiger partial charge is 0.342 e. The van der Waals surface area contributed by atoms with Crippen LogP contribution in [0.1, 0.15) is 18.4 Å². The maximum atomic E-state index is 12.8. The van der Waals surface area contributed by atoms with Gasteiger partial charge in [-0.15, -0.1) is 11.8 Å². The molecule has 0 aliphatic carbocycles. The van der Waals surface area contributed by atoms with Crippen molar-refractivity contribution in [1.82, 2.24) is 4.90 Å². The van der Waals surface area contributed by atoms with Gasteiger partial charge in [-0.2, -0.15) is 13.2 Å². The topological polar surface area (TPSA) is 83.6 Å². The summed E-state index contributed by atoms with van der Waals surface area (Å²) in [5, 5.41) is 1.63. The van der Waals surface area contributed by atoms with E-state index in [4.69, 9.17) is 0 Å². The van der Waals surface area contributed by atoms with Crippen molar-refractivity contribution in [3.63, 3.8) is 0 Å². The number of rotatable bonds is 3. The summed E-state index contributed by atoms with van der Waals surface area (Å²) in [5.41, 5.74) is -0.794. The highest BCUT2D eigenvalue weighted by atomic mass is 32.2. The maximum Gasteiger partial charge on any atom is 0.416 e. The average Bonchev–Trinajstić information content (AvgIpc) is 2.93. The second kappa shape index (κ2) is 7.01. The highest BCUT2D eigenvalue weighted by molar-refractivity contribution is 8.01. The number of anilines is 1. The van der Waals surface area contributed by atoms with E-state index in [1.54, 1.807) is 0 Å². The minimum Gasteiger partial charge on any atom is -0.342 e. The number of fused-ring (bicyclic) bond motifs is 1. The number of thioether (sulfide) groups is 1. The monoisotopic (exact) mass is 422 g/mol.